The summed E-state index contributed by atoms with van der Waals surface area (Å²) in [6.07, 6.45) is 2.46. The molecule has 4 N–H and O–H groups in total. The van der Waals surface area contributed by atoms with Crippen LogP contribution < -0.4 is 5.32 Å². The Morgan fingerprint density at radius 1 is 1.16 bits per heavy atom. The molecule has 180 valence electrons. The molecule has 1 aromatic carbocycles. The summed E-state index contributed by atoms with van der Waals surface area (Å²) in [4.78, 5) is 26.8. The second kappa shape index (κ2) is 11.0. The Morgan fingerprint density at radius 3 is 2.31 bits per heavy atom. The van der Waals surface area contributed by atoms with Crippen LogP contribution in [0.4, 0.5) is 0 Å². The van der Waals surface area contributed by atoms with Gasteiger partial charge in [0.1, 0.15) is 23.1 Å². The number of nitrogens with one attached hydrogen (secondary N) is 1. The van der Waals surface area contributed by atoms with Crippen molar-refractivity contribution in [1.82, 2.24) is 10.2 Å². The molecule has 32 heavy (non-hydrogen) atoms. The number of ether oxygens (including phenoxy) is 1. The Kier molecular flexibility index (Phi) is 8.92. The molecule has 0 aromatic heterocycles. The maximum Gasteiger partial charge on any atom is 0.326 e. The quantitative estimate of drug-likeness (QED) is 0.450. The zero-order chi connectivity index (χ0) is 24.1. The van der Waals surface area contributed by atoms with E-state index < -0.39 is 17.6 Å². The van der Waals surface area contributed by atoms with Crippen LogP contribution in [-0.2, 0) is 9.53 Å². The number of hydrogen-bond acceptors (Lipinski definition) is 7. The Bertz CT molecular complexity index is 794. The largest absolute Gasteiger partial charge is 0.508 e. The minimum Gasteiger partial charge on any atom is -0.508 e. The van der Waals surface area contributed by atoms with Crippen molar-refractivity contribution in [2.45, 2.75) is 71.4 Å². The molecule has 8 nitrogen and oxygen atoms in total. The lowest BCUT2D eigenvalue weighted by atomic mass is 9.92. The van der Waals surface area contributed by atoms with Gasteiger partial charge in [0.25, 0.3) is 5.91 Å². The van der Waals surface area contributed by atoms with E-state index in [4.69, 9.17) is 4.74 Å². The minimum atomic E-state index is -0.747. The van der Waals surface area contributed by atoms with E-state index in [1.165, 1.54) is 6.07 Å². The minimum absolute atomic E-state index is 0.00665. The van der Waals surface area contributed by atoms with Crippen LogP contribution in [0, 0.1) is 5.92 Å². The van der Waals surface area contributed by atoms with Crippen molar-refractivity contribution in [3.05, 3.63) is 23.3 Å². The van der Waals surface area contributed by atoms with Gasteiger partial charge in [0.2, 0.25) is 0 Å². The second-order valence-electron chi connectivity index (χ2n) is 9.83. The van der Waals surface area contributed by atoms with Crippen LogP contribution in [0.15, 0.2) is 12.1 Å². The van der Waals surface area contributed by atoms with Gasteiger partial charge in [0.15, 0.2) is 0 Å². The highest BCUT2D eigenvalue weighted by atomic mass is 16.6. The van der Waals surface area contributed by atoms with Crippen LogP contribution in [-0.4, -0.2) is 70.0 Å². The Labute approximate surface area is 190 Å². The van der Waals surface area contributed by atoms with Crippen molar-refractivity contribution >= 4 is 11.9 Å². The smallest absolute Gasteiger partial charge is 0.326 e. The molecular weight excluding hydrogens is 412 g/mol. The molecule has 1 saturated heterocycles. The van der Waals surface area contributed by atoms with Crippen molar-refractivity contribution in [2.24, 2.45) is 5.92 Å². The number of amides is 1. The standard InChI is InChI=1S/C24H38N2O6/c1-15(2)17-12-18(21(29)13-20(17)28)22(30)26-10-7-16(8-11-26)6-9-25-19(14-27)23(31)32-24(3,4)5/h12-13,15-16,19,25,27-29H,6-11,14H2,1-5H3/t19-/m0/s1. The van der Waals surface area contributed by atoms with E-state index >= 15 is 0 Å². The summed E-state index contributed by atoms with van der Waals surface area (Å²) in [5, 5.41) is 32.7. The molecule has 0 spiro atoms. The van der Waals surface area contributed by atoms with Gasteiger partial charge in [-0.3, -0.25) is 9.59 Å². The van der Waals surface area contributed by atoms with Gasteiger partial charge in [0, 0.05) is 19.2 Å². The van der Waals surface area contributed by atoms with Crippen molar-refractivity contribution in [1.29, 1.82) is 0 Å². The molecule has 0 bridgehead atoms. The third-order valence-corrected chi connectivity index (χ3v) is 5.72. The average molecular weight is 451 g/mol. The van der Waals surface area contributed by atoms with Crippen LogP contribution in [0.2, 0.25) is 0 Å². The van der Waals surface area contributed by atoms with E-state index in [-0.39, 0.29) is 35.5 Å². The van der Waals surface area contributed by atoms with Crippen LogP contribution in [0.3, 0.4) is 0 Å². The number of rotatable bonds is 8. The van der Waals surface area contributed by atoms with Gasteiger partial charge in [-0.1, -0.05) is 13.8 Å². The molecule has 1 atom stereocenters. The summed E-state index contributed by atoms with van der Waals surface area (Å²) >= 11 is 0. The van der Waals surface area contributed by atoms with Crippen molar-refractivity contribution in [3.8, 4) is 11.5 Å². The Balaban J connectivity index is 1.85. The number of hydrogen-bond donors (Lipinski definition) is 4. The number of likely N-dealkylation sites (tertiary alicyclic amines) is 1. The third kappa shape index (κ3) is 7.10. The number of aliphatic hydroxyl groups excluding tert-OH is 1. The molecule has 1 amide bonds. The SMILES string of the molecule is CC(C)c1cc(C(=O)N2CCC(CCN[C@@H](CO)C(=O)OC(C)(C)C)CC2)c(O)cc1O. The first-order valence-electron chi connectivity index (χ1n) is 11.3. The Hall–Kier alpha value is -2.32. The number of benzene rings is 1. The van der Waals surface area contributed by atoms with Crippen molar-refractivity contribution in [3.63, 3.8) is 0 Å². The average Bonchev–Trinajstić information content (AvgIpc) is 2.69. The number of aromatic hydroxyl groups is 2. The van der Waals surface area contributed by atoms with Gasteiger partial charge in [-0.2, -0.15) is 0 Å². The fourth-order valence-corrected chi connectivity index (χ4v) is 3.88. The molecule has 1 aliphatic rings. The topological polar surface area (TPSA) is 119 Å². The molecule has 0 radical (unpaired) electrons. The number of esters is 1. The number of carbonyl (C=O) groups is 2. The zero-order valence-electron chi connectivity index (χ0n) is 19.9. The molecule has 8 heteroatoms. The molecule has 0 aliphatic carbocycles. The highest BCUT2D eigenvalue weighted by molar-refractivity contribution is 5.97. The van der Waals surface area contributed by atoms with Crippen LogP contribution in [0.5, 0.6) is 11.5 Å². The number of piperidine rings is 1. The molecule has 1 aliphatic heterocycles. The third-order valence-electron chi connectivity index (χ3n) is 5.72. The first-order valence-corrected chi connectivity index (χ1v) is 11.3. The van der Waals surface area contributed by atoms with E-state index in [0.717, 1.165) is 19.3 Å². The zero-order valence-corrected chi connectivity index (χ0v) is 19.9. The van der Waals surface area contributed by atoms with Crippen LogP contribution >= 0.6 is 0 Å². The summed E-state index contributed by atoms with van der Waals surface area (Å²) in [5.41, 5.74) is 0.248. The molecule has 2 rings (SSSR count). The number of phenolic OH excluding ortho intramolecular Hbond substituents is 2. The summed E-state index contributed by atoms with van der Waals surface area (Å²) in [5.74, 6) is -0.484. The predicted molar refractivity (Wildman–Crippen MR) is 122 cm³/mol. The lowest BCUT2D eigenvalue weighted by molar-refractivity contribution is -0.158. The molecule has 1 heterocycles. The van der Waals surface area contributed by atoms with E-state index in [1.54, 1.807) is 31.7 Å². The lowest BCUT2D eigenvalue weighted by Crippen LogP contribution is -2.45. The molecule has 1 fully saturated rings. The van der Waals surface area contributed by atoms with E-state index in [2.05, 4.69) is 5.32 Å². The fourth-order valence-electron chi connectivity index (χ4n) is 3.88. The fraction of sp³-hybridized carbons (Fsp3) is 0.667. The highest BCUT2D eigenvalue weighted by Crippen LogP contribution is 2.33. The molecule has 1 aromatic rings. The number of aliphatic hydroxyl groups is 1. The van der Waals surface area contributed by atoms with Gasteiger partial charge in [-0.15, -0.1) is 0 Å². The molecular formula is C24H38N2O6. The molecule has 0 saturated carbocycles. The van der Waals surface area contributed by atoms with E-state index in [9.17, 15) is 24.9 Å². The van der Waals surface area contributed by atoms with Crippen molar-refractivity contribution in [2.75, 3.05) is 26.2 Å². The van der Waals surface area contributed by atoms with Gasteiger partial charge in [0.05, 0.1) is 12.2 Å². The van der Waals surface area contributed by atoms with E-state index in [0.29, 0.717) is 31.1 Å². The van der Waals surface area contributed by atoms with Gasteiger partial charge in [-0.25, -0.2) is 0 Å². The second-order valence-corrected chi connectivity index (χ2v) is 9.83. The monoisotopic (exact) mass is 450 g/mol. The predicted octanol–water partition coefficient (Wildman–Crippen LogP) is 2.76. The van der Waals surface area contributed by atoms with E-state index in [1.807, 2.05) is 13.8 Å². The first kappa shape index (κ1) is 25.9. The van der Waals surface area contributed by atoms with Crippen LogP contribution in [0.1, 0.15) is 75.7 Å². The summed E-state index contributed by atoms with van der Waals surface area (Å²) in [7, 11) is 0. The number of carbonyl (C=O) groups excluding carboxylic acids is 2. The van der Waals surface area contributed by atoms with Crippen molar-refractivity contribution < 1.29 is 29.6 Å². The highest BCUT2D eigenvalue weighted by Gasteiger charge is 2.28. The summed E-state index contributed by atoms with van der Waals surface area (Å²) in [6.45, 7) is 10.6. The van der Waals surface area contributed by atoms with Gasteiger partial charge < -0.3 is 30.3 Å². The lowest BCUT2D eigenvalue weighted by Gasteiger charge is -2.32. The van der Waals surface area contributed by atoms with Gasteiger partial charge >= 0.3 is 5.97 Å². The summed E-state index contributed by atoms with van der Waals surface area (Å²) < 4.78 is 5.31. The number of nitrogens with zero attached hydrogens (tertiary/aromatic N) is 1. The number of phenols is 2. The van der Waals surface area contributed by atoms with Crippen LogP contribution in [0.25, 0.3) is 0 Å². The maximum absolute atomic E-state index is 12.9. The first-order chi connectivity index (χ1) is 14.9. The summed E-state index contributed by atoms with van der Waals surface area (Å²) in [6, 6.07) is 2.08. The Morgan fingerprint density at radius 2 is 1.78 bits per heavy atom. The van der Waals surface area contributed by atoms with Gasteiger partial charge in [-0.05, 0) is 70.0 Å². The maximum atomic E-state index is 12.9. The normalized spacial score (nSPS) is 16.3. The molecule has 0 unspecified atom stereocenters.